The lowest BCUT2D eigenvalue weighted by Gasteiger charge is -2.23. The molecule has 1 saturated carbocycles. The molecule has 19 heavy (non-hydrogen) atoms. The van der Waals surface area contributed by atoms with Crippen molar-refractivity contribution < 1.29 is 8.42 Å². The molecule has 1 aliphatic carbocycles. The van der Waals surface area contributed by atoms with Gasteiger partial charge in [0.15, 0.2) is 0 Å². The van der Waals surface area contributed by atoms with E-state index in [9.17, 15) is 13.2 Å². The average Bonchev–Trinajstić information content (AvgIpc) is 3.15. The molecule has 7 heteroatoms. The number of nitrogens with zero attached hydrogens (tertiary/aromatic N) is 1. The summed E-state index contributed by atoms with van der Waals surface area (Å²) in [6.07, 6.45) is 3.31. The van der Waals surface area contributed by atoms with E-state index in [1.165, 1.54) is 6.07 Å². The number of aromatic amines is 1. The number of rotatable bonds is 3. The summed E-state index contributed by atoms with van der Waals surface area (Å²) in [7, 11) is -2.86. The highest BCUT2D eigenvalue weighted by Crippen LogP contribution is 2.37. The first kappa shape index (κ1) is 12.7. The van der Waals surface area contributed by atoms with Crippen LogP contribution in [0.15, 0.2) is 10.9 Å². The second-order valence-corrected chi connectivity index (χ2v) is 7.66. The fourth-order valence-electron chi connectivity index (χ4n) is 2.34. The van der Waals surface area contributed by atoms with Crippen molar-refractivity contribution in [1.82, 2.24) is 9.97 Å². The van der Waals surface area contributed by atoms with Gasteiger partial charge in [0, 0.05) is 18.0 Å². The van der Waals surface area contributed by atoms with Crippen LogP contribution in [0, 0.1) is 0 Å². The normalized spacial score (nSPS) is 23.2. The van der Waals surface area contributed by atoms with Gasteiger partial charge < -0.3 is 10.3 Å². The third kappa shape index (κ3) is 3.15. The Morgan fingerprint density at radius 3 is 2.53 bits per heavy atom. The Morgan fingerprint density at radius 1 is 1.21 bits per heavy atom. The van der Waals surface area contributed by atoms with Crippen molar-refractivity contribution in [3.05, 3.63) is 22.2 Å². The maximum atomic E-state index is 11.6. The van der Waals surface area contributed by atoms with Gasteiger partial charge in [0.05, 0.1) is 11.5 Å². The van der Waals surface area contributed by atoms with Gasteiger partial charge in [-0.15, -0.1) is 0 Å². The van der Waals surface area contributed by atoms with Gasteiger partial charge in [-0.2, -0.15) is 0 Å². The highest BCUT2D eigenvalue weighted by Gasteiger charge is 2.27. The van der Waals surface area contributed by atoms with Gasteiger partial charge in [0.2, 0.25) is 0 Å². The summed E-state index contributed by atoms with van der Waals surface area (Å²) >= 11 is 0. The van der Waals surface area contributed by atoms with Crippen molar-refractivity contribution in [2.45, 2.75) is 37.6 Å². The van der Waals surface area contributed by atoms with Crippen LogP contribution in [0.5, 0.6) is 0 Å². The maximum Gasteiger partial charge on any atom is 0.252 e. The van der Waals surface area contributed by atoms with Crippen LogP contribution in [0.3, 0.4) is 0 Å². The van der Waals surface area contributed by atoms with Crippen LogP contribution >= 0.6 is 0 Å². The third-order valence-corrected chi connectivity index (χ3v) is 5.35. The average molecular weight is 283 g/mol. The van der Waals surface area contributed by atoms with Gasteiger partial charge in [0.25, 0.3) is 5.56 Å². The first-order chi connectivity index (χ1) is 9.02. The molecule has 0 aromatic carbocycles. The third-order valence-electron chi connectivity index (χ3n) is 3.63. The van der Waals surface area contributed by atoms with Crippen molar-refractivity contribution in [3.63, 3.8) is 0 Å². The number of sulfone groups is 1. The van der Waals surface area contributed by atoms with Crippen LogP contribution in [0.2, 0.25) is 0 Å². The van der Waals surface area contributed by atoms with E-state index in [0.717, 1.165) is 18.7 Å². The molecule has 3 rings (SSSR count). The van der Waals surface area contributed by atoms with Crippen LogP contribution in [-0.2, 0) is 9.84 Å². The van der Waals surface area contributed by atoms with Crippen molar-refractivity contribution >= 4 is 15.7 Å². The van der Waals surface area contributed by atoms with E-state index in [4.69, 9.17) is 0 Å². The minimum Gasteiger partial charge on any atom is -0.367 e. The Morgan fingerprint density at radius 2 is 1.89 bits per heavy atom. The molecule has 0 atom stereocenters. The number of H-pyrrole nitrogens is 1. The molecule has 0 bridgehead atoms. The number of nitrogens with one attached hydrogen (secondary N) is 2. The standard InChI is InChI=1S/C12H17N3O3S/c16-11-7-10(14-12(15-11)8-1-2-8)13-9-3-5-19(17,18)6-4-9/h7-9H,1-6H2,(H2,13,14,15,16). The van der Waals surface area contributed by atoms with E-state index in [2.05, 4.69) is 15.3 Å². The summed E-state index contributed by atoms with van der Waals surface area (Å²) in [5.74, 6) is 2.13. The first-order valence-corrected chi connectivity index (χ1v) is 8.42. The Labute approximate surface area is 111 Å². The van der Waals surface area contributed by atoms with Crippen molar-refractivity contribution in [2.75, 3.05) is 16.8 Å². The summed E-state index contributed by atoms with van der Waals surface area (Å²) in [5, 5.41) is 3.19. The second kappa shape index (κ2) is 4.63. The smallest absolute Gasteiger partial charge is 0.252 e. The minimum atomic E-state index is -2.86. The fourth-order valence-corrected chi connectivity index (χ4v) is 3.84. The van der Waals surface area contributed by atoms with E-state index in [-0.39, 0.29) is 23.1 Å². The predicted octanol–water partition coefficient (Wildman–Crippen LogP) is 0.636. The van der Waals surface area contributed by atoms with Gasteiger partial charge in [-0.1, -0.05) is 0 Å². The van der Waals surface area contributed by atoms with E-state index < -0.39 is 9.84 Å². The molecule has 2 N–H and O–H groups in total. The van der Waals surface area contributed by atoms with Crippen molar-refractivity contribution in [2.24, 2.45) is 0 Å². The molecule has 0 amide bonds. The van der Waals surface area contributed by atoms with E-state index >= 15 is 0 Å². The molecule has 2 fully saturated rings. The molecule has 1 aliphatic heterocycles. The molecule has 1 aromatic rings. The lowest BCUT2D eigenvalue weighted by molar-refractivity contribution is 0.559. The molecular weight excluding hydrogens is 266 g/mol. The summed E-state index contributed by atoms with van der Waals surface area (Å²) in [6.45, 7) is 0. The highest BCUT2D eigenvalue weighted by molar-refractivity contribution is 7.91. The van der Waals surface area contributed by atoms with E-state index in [1.54, 1.807) is 0 Å². The van der Waals surface area contributed by atoms with Crippen LogP contribution in [-0.4, -0.2) is 35.9 Å². The summed E-state index contributed by atoms with van der Waals surface area (Å²) in [5.41, 5.74) is -0.150. The molecule has 6 nitrogen and oxygen atoms in total. The Balaban J connectivity index is 1.71. The summed E-state index contributed by atoms with van der Waals surface area (Å²) in [6, 6.07) is 1.53. The second-order valence-electron chi connectivity index (χ2n) is 5.36. The number of hydrogen-bond acceptors (Lipinski definition) is 5. The SMILES string of the molecule is O=c1cc(NC2CCS(=O)(=O)CC2)nc(C2CC2)[nH]1. The lowest BCUT2D eigenvalue weighted by atomic mass is 10.1. The van der Waals surface area contributed by atoms with Crippen LogP contribution in [0.1, 0.15) is 37.4 Å². The molecule has 1 aromatic heterocycles. The van der Waals surface area contributed by atoms with Crippen LogP contribution in [0.4, 0.5) is 5.82 Å². The molecule has 2 heterocycles. The van der Waals surface area contributed by atoms with Gasteiger partial charge in [-0.05, 0) is 25.7 Å². The quantitative estimate of drug-likeness (QED) is 0.849. The molecular formula is C12H17N3O3S. The first-order valence-electron chi connectivity index (χ1n) is 6.60. The summed E-state index contributed by atoms with van der Waals surface area (Å²) < 4.78 is 22.7. The minimum absolute atomic E-state index is 0.0879. The topological polar surface area (TPSA) is 91.9 Å². The Hall–Kier alpha value is -1.37. The molecule has 104 valence electrons. The highest BCUT2D eigenvalue weighted by atomic mass is 32.2. The van der Waals surface area contributed by atoms with Gasteiger partial charge in [0.1, 0.15) is 21.5 Å². The van der Waals surface area contributed by atoms with E-state index in [0.29, 0.717) is 24.6 Å². The lowest BCUT2D eigenvalue weighted by Crippen LogP contribution is -2.32. The zero-order chi connectivity index (χ0) is 13.5. The number of anilines is 1. The van der Waals surface area contributed by atoms with Crippen LogP contribution < -0.4 is 10.9 Å². The molecule has 0 radical (unpaired) electrons. The molecule has 2 aliphatic rings. The fraction of sp³-hybridized carbons (Fsp3) is 0.667. The van der Waals surface area contributed by atoms with Crippen molar-refractivity contribution in [1.29, 1.82) is 0 Å². The maximum absolute atomic E-state index is 11.6. The Bertz CT molecular complexity index is 620. The Kier molecular flexibility index (Phi) is 3.08. The monoisotopic (exact) mass is 283 g/mol. The van der Waals surface area contributed by atoms with E-state index in [1.807, 2.05) is 0 Å². The van der Waals surface area contributed by atoms with Crippen molar-refractivity contribution in [3.8, 4) is 0 Å². The van der Waals surface area contributed by atoms with Gasteiger partial charge in [-0.25, -0.2) is 13.4 Å². The van der Waals surface area contributed by atoms with Crippen LogP contribution in [0.25, 0.3) is 0 Å². The molecule has 0 spiro atoms. The molecule has 1 saturated heterocycles. The molecule has 0 unspecified atom stereocenters. The number of hydrogen-bond donors (Lipinski definition) is 2. The zero-order valence-corrected chi connectivity index (χ0v) is 11.4. The predicted molar refractivity (Wildman–Crippen MR) is 72.1 cm³/mol. The zero-order valence-electron chi connectivity index (χ0n) is 10.6. The number of aromatic nitrogens is 2. The van der Waals surface area contributed by atoms with Gasteiger partial charge >= 0.3 is 0 Å². The van der Waals surface area contributed by atoms with Gasteiger partial charge in [-0.3, -0.25) is 4.79 Å². The summed E-state index contributed by atoms with van der Waals surface area (Å²) in [4.78, 5) is 18.7. The largest absolute Gasteiger partial charge is 0.367 e.